The second-order valence-corrected chi connectivity index (χ2v) is 4.78. The third kappa shape index (κ3) is 5.04. The zero-order valence-corrected chi connectivity index (χ0v) is 11.2. The summed E-state index contributed by atoms with van der Waals surface area (Å²) in [5.41, 5.74) is -0.120. The number of pyridine rings is 1. The standard InChI is InChI=1S/C13H23N3O/c1-5-9-14-11-7-6-8-12(15-11)16-13(2,3)10-17-4/h6-8H,5,9-10H2,1-4H3,(H2,14,15,16). The Kier molecular flexibility index (Phi) is 5.22. The van der Waals surface area contributed by atoms with Gasteiger partial charge in [-0.05, 0) is 32.4 Å². The number of hydrogen-bond acceptors (Lipinski definition) is 4. The van der Waals surface area contributed by atoms with Crippen LogP contribution >= 0.6 is 0 Å². The number of rotatable bonds is 7. The number of methoxy groups -OCH3 is 1. The van der Waals surface area contributed by atoms with Crippen LogP contribution in [0, 0.1) is 0 Å². The van der Waals surface area contributed by atoms with Crippen molar-refractivity contribution in [2.24, 2.45) is 0 Å². The van der Waals surface area contributed by atoms with E-state index in [-0.39, 0.29) is 5.54 Å². The summed E-state index contributed by atoms with van der Waals surface area (Å²) in [6, 6.07) is 5.94. The molecule has 0 aromatic carbocycles. The molecule has 2 N–H and O–H groups in total. The minimum atomic E-state index is -0.120. The molecule has 1 rings (SSSR count). The van der Waals surface area contributed by atoms with Gasteiger partial charge in [-0.15, -0.1) is 0 Å². The van der Waals surface area contributed by atoms with Gasteiger partial charge in [-0.1, -0.05) is 13.0 Å². The molecule has 1 aromatic rings. The molecule has 0 aliphatic heterocycles. The fourth-order valence-electron chi connectivity index (χ4n) is 1.60. The van der Waals surface area contributed by atoms with Gasteiger partial charge in [-0.25, -0.2) is 4.98 Å². The minimum Gasteiger partial charge on any atom is -0.382 e. The fourth-order valence-corrected chi connectivity index (χ4v) is 1.60. The summed E-state index contributed by atoms with van der Waals surface area (Å²) >= 11 is 0. The van der Waals surface area contributed by atoms with Gasteiger partial charge in [0.15, 0.2) is 0 Å². The van der Waals surface area contributed by atoms with Gasteiger partial charge in [-0.2, -0.15) is 0 Å². The number of anilines is 2. The van der Waals surface area contributed by atoms with Crippen LogP contribution in [0.15, 0.2) is 18.2 Å². The van der Waals surface area contributed by atoms with Crippen molar-refractivity contribution in [2.75, 3.05) is 30.9 Å². The third-order valence-electron chi connectivity index (χ3n) is 2.28. The van der Waals surface area contributed by atoms with Gasteiger partial charge in [0.05, 0.1) is 12.1 Å². The quantitative estimate of drug-likeness (QED) is 0.765. The Hall–Kier alpha value is -1.29. The van der Waals surface area contributed by atoms with E-state index in [1.165, 1.54) is 0 Å². The molecule has 0 aliphatic rings. The molecule has 0 bridgehead atoms. The summed E-state index contributed by atoms with van der Waals surface area (Å²) in [6.45, 7) is 7.89. The molecular formula is C13H23N3O. The molecule has 1 aromatic heterocycles. The summed E-state index contributed by atoms with van der Waals surface area (Å²) in [4.78, 5) is 4.50. The van der Waals surface area contributed by atoms with Crippen LogP contribution in [-0.4, -0.2) is 30.8 Å². The van der Waals surface area contributed by atoms with Crippen LogP contribution in [0.1, 0.15) is 27.2 Å². The average molecular weight is 237 g/mol. The van der Waals surface area contributed by atoms with Crippen LogP contribution in [0.2, 0.25) is 0 Å². The Morgan fingerprint density at radius 1 is 1.29 bits per heavy atom. The largest absolute Gasteiger partial charge is 0.382 e. The highest BCUT2D eigenvalue weighted by Crippen LogP contribution is 2.15. The summed E-state index contributed by atoms with van der Waals surface area (Å²) in [5.74, 6) is 1.78. The second-order valence-electron chi connectivity index (χ2n) is 4.78. The van der Waals surface area contributed by atoms with Crippen molar-refractivity contribution >= 4 is 11.6 Å². The van der Waals surface area contributed by atoms with E-state index in [4.69, 9.17) is 4.74 Å². The molecule has 0 fully saturated rings. The van der Waals surface area contributed by atoms with Gasteiger partial charge < -0.3 is 15.4 Å². The van der Waals surface area contributed by atoms with E-state index in [2.05, 4.69) is 36.4 Å². The maximum atomic E-state index is 5.17. The molecule has 4 nitrogen and oxygen atoms in total. The van der Waals surface area contributed by atoms with Crippen LogP contribution < -0.4 is 10.6 Å². The first-order chi connectivity index (χ1) is 8.07. The van der Waals surface area contributed by atoms with Crippen molar-refractivity contribution in [3.8, 4) is 0 Å². The number of nitrogens with zero attached hydrogens (tertiary/aromatic N) is 1. The molecule has 1 heterocycles. The van der Waals surface area contributed by atoms with Crippen molar-refractivity contribution in [1.29, 1.82) is 0 Å². The summed E-state index contributed by atoms with van der Waals surface area (Å²) in [6.07, 6.45) is 1.09. The summed E-state index contributed by atoms with van der Waals surface area (Å²) in [7, 11) is 1.70. The van der Waals surface area contributed by atoms with Crippen molar-refractivity contribution in [1.82, 2.24) is 4.98 Å². The number of hydrogen-bond donors (Lipinski definition) is 2. The number of ether oxygens (including phenoxy) is 1. The van der Waals surface area contributed by atoms with E-state index in [0.717, 1.165) is 24.6 Å². The summed E-state index contributed by atoms with van der Waals surface area (Å²) in [5, 5.41) is 6.63. The van der Waals surface area contributed by atoms with Crippen LogP contribution in [0.5, 0.6) is 0 Å². The molecule has 0 saturated heterocycles. The molecule has 0 spiro atoms. The Morgan fingerprint density at radius 3 is 2.65 bits per heavy atom. The lowest BCUT2D eigenvalue weighted by atomic mass is 10.1. The molecule has 96 valence electrons. The number of aromatic nitrogens is 1. The predicted octanol–water partition coefficient (Wildman–Crippen LogP) is 2.74. The molecule has 17 heavy (non-hydrogen) atoms. The SMILES string of the molecule is CCCNc1cccc(NC(C)(C)COC)n1. The first-order valence-corrected chi connectivity index (χ1v) is 6.05. The Labute approximate surface area is 104 Å². The maximum absolute atomic E-state index is 5.17. The zero-order chi connectivity index (χ0) is 12.7. The van der Waals surface area contributed by atoms with Crippen molar-refractivity contribution in [3.63, 3.8) is 0 Å². The van der Waals surface area contributed by atoms with Gasteiger partial charge in [0.1, 0.15) is 11.6 Å². The van der Waals surface area contributed by atoms with Crippen molar-refractivity contribution in [2.45, 2.75) is 32.7 Å². The lowest BCUT2D eigenvalue weighted by molar-refractivity contribution is 0.158. The van der Waals surface area contributed by atoms with Gasteiger partial charge in [0.2, 0.25) is 0 Å². The van der Waals surface area contributed by atoms with E-state index >= 15 is 0 Å². The van der Waals surface area contributed by atoms with Crippen LogP contribution in [0.25, 0.3) is 0 Å². The van der Waals surface area contributed by atoms with Crippen molar-refractivity contribution in [3.05, 3.63) is 18.2 Å². The lowest BCUT2D eigenvalue weighted by Gasteiger charge is -2.26. The van der Waals surface area contributed by atoms with Gasteiger partial charge in [0, 0.05) is 13.7 Å². The third-order valence-corrected chi connectivity index (χ3v) is 2.28. The lowest BCUT2D eigenvalue weighted by Crippen LogP contribution is -2.36. The molecule has 0 radical (unpaired) electrons. The normalized spacial score (nSPS) is 11.3. The Balaban J connectivity index is 2.64. The van der Waals surface area contributed by atoms with Crippen LogP contribution in [0.4, 0.5) is 11.6 Å². The number of nitrogens with one attached hydrogen (secondary N) is 2. The molecule has 4 heteroatoms. The Morgan fingerprint density at radius 2 is 2.00 bits per heavy atom. The summed E-state index contributed by atoms with van der Waals surface area (Å²) < 4.78 is 5.17. The van der Waals surface area contributed by atoms with E-state index in [9.17, 15) is 0 Å². The molecule has 0 atom stereocenters. The molecule has 0 saturated carbocycles. The molecule has 0 aliphatic carbocycles. The predicted molar refractivity (Wildman–Crippen MR) is 72.6 cm³/mol. The van der Waals surface area contributed by atoms with E-state index in [1.807, 2.05) is 18.2 Å². The maximum Gasteiger partial charge on any atom is 0.128 e. The van der Waals surface area contributed by atoms with Crippen molar-refractivity contribution < 1.29 is 4.74 Å². The van der Waals surface area contributed by atoms with E-state index < -0.39 is 0 Å². The average Bonchev–Trinajstić information content (AvgIpc) is 2.26. The zero-order valence-electron chi connectivity index (χ0n) is 11.2. The highest BCUT2D eigenvalue weighted by Gasteiger charge is 2.17. The highest BCUT2D eigenvalue weighted by atomic mass is 16.5. The van der Waals surface area contributed by atoms with Crippen LogP contribution in [0.3, 0.4) is 0 Å². The molecule has 0 amide bonds. The van der Waals surface area contributed by atoms with Gasteiger partial charge in [0.25, 0.3) is 0 Å². The first kappa shape index (κ1) is 13.8. The molecule has 0 unspecified atom stereocenters. The highest BCUT2D eigenvalue weighted by molar-refractivity contribution is 5.46. The van der Waals surface area contributed by atoms with Gasteiger partial charge >= 0.3 is 0 Å². The Bertz CT molecular complexity index is 339. The topological polar surface area (TPSA) is 46.2 Å². The van der Waals surface area contributed by atoms with Gasteiger partial charge in [-0.3, -0.25) is 0 Å². The second kappa shape index (κ2) is 6.45. The minimum absolute atomic E-state index is 0.120. The monoisotopic (exact) mass is 237 g/mol. The van der Waals surface area contributed by atoms with E-state index in [0.29, 0.717) is 6.61 Å². The molecular weight excluding hydrogens is 214 g/mol. The van der Waals surface area contributed by atoms with E-state index in [1.54, 1.807) is 7.11 Å². The smallest absolute Gasteiger partial charge is 0.128 e. The van der Waals surface area contributed by atoms with Crippen LogP contribution in [-0.2, 0) is 4.74 Å². The first-order valence-electron chi connectivity index (χ1n) is 6.05. The fraction of sp³-hybridized carbons (Fsp3) is 0.615.